The maximum absolute atomic E-state index is 12.5. The smallest absolute Gasteiger partial charge is 0.356 e. The molecule has 0 saturated carbocycles. The van der Waals surface area contributed by atoms with Crippen molar-refractivity contribution in [2.45, 2.75) is 32.6 Å². The second kappa shape index (κ2) is 7.70. The number of piperidine rings is 1. The molecule has 1 aliphatic rings. The van der Waals surface area contributed by atoms with Gasteiger partial charge in [0.15, 0.2) is 0 Å². The van der Waals surface area contributed by atoms with Crippen LogP contribution in [0.1, 0.15) is 41.7 Å². The molecule has 1 amide bonds. The Balaban J connectivity index is 1.77. The lowest BCUT2D eigenvalue weighted by atomic mass is 10.1. The molecule has 1 fully saturated rings. The third-order valence-corrected chi connectivity index (χ3v) is 4.87. The summed E-state index contributed by atoms with van der Waals surface area (Å²) in [6, 6.07) is 5.83. The fourth-order valence-electron chi connectivity index (χ4n) is 3.48. The van der Waals surface area contributed by atoms with Crippen molar-refractivity contribution in [1.29, 1.82) is 0 Å². The number of aromatic amines is 1. The lowest BCUT2D eigenvalue weighted by Crippen LogP contribution is -3.12. The van der Waals surface area contributed by atoms with E-state index in [1.807, 2.05) is 25.1 Å². The van der Waals surface area contributed by atoms with Crippen LogP contribution in [0.4, 0.5) is 5.69 Å². The Morgan fingerprint density at radius 1 is 1.24 bits per heavy atom. The monoisotopic (exact) mass is 344 g/mol. The maximum atomic E-state index is 12.5. The van der Waals surface area contributed by atoms with E-state index in [2.05, 4.69) is 10.3 Å². The minimum Gasteiger partial charge on any atom is -0.464 e. The summed E-state index contributed by atoms with van der Waals surface area (Å²) in [7, 11) is 1.34. The number of quaternary nitrogens is 1. The number of aryl methyl sites for hydroxylation is 1. The first-order chi connectivity index (χ1) is 12.1. The molecule has 1 aromatic heterocycles. The number of fused-ring (bicyclic) bond motifs is 1. The van der Waals surface area contributed by atoms with E-state index in [1.54, 1.807) is 0 Å². The molecule has 0 bridgehead atoms. The third-order valence-electron chi connectivity index (χ3n) is 4.87. The van der Waals surface area contributed by atoms with Crippen LogP contribution in [-0.2, 0) is 9.53 Å². The number of anilines is 1. The van der Waals surface area contributed by atoms with Crippen LogP contribution in [0.15, 0.2) is 18.2 Å². The van der Waals surface area contributed by atoms with E-state index in [9.17, 15) is 9.59 Å². The molecule has 3 N–H and O–H groups in total. The number of methoxy groups -OCH3 is 1. The highest BCUT2D eigenvalue weighted by Gasteiger charge is 2.21. The van der Waals surface area contributed by atoms with Crippen LogP contribution in [0.2, 0.25) is 0 Å². The van der Waals surface area contributed by atoms with Gasteiger partial charge < -0.3 is 19.9 Å². The molecule has 2 heterocycles. The van der Waals surface area contributed by atoms with Gasteiger partial charge in [-0.05, 0) is 38.3 Å². The summed E-state index contributed by atoms with van der Waals surface area (Å²) in [5, 5.41) is 3.76. The summed E-state index contributed by atoms with van der Waals surface area (Å²) in [6.45, 7) is 5.11. The number of benzene rings is 1. The Bertz CT molecular complexity index is 776. The van der Waals surface area contributed by atoms with Crippen molar-refractivity contribution in [3.8, 4) is 0 Å². The second-order valence-electron chi connectivity index (χ2n) is 6.77. The number of ether oxygens (including phenoxy) is 1. The predicted molar refractivity (Wildman–Crippen MR) is 97.0 cm³/mol. The van der Waals surface area contributed by atoms with Crippen molar-refractivity contribution in [2.24, 2.45) is 0 Å². The fourth-order valence-corrected chi connectivity index (χ4v) is 3.48. The van der Waals surface area contributed by atoms with Crippen LogP contribution < -0.4 is 10.2 Å². The average molecular weight is 344 g/mol. The van der Waals surface area contributed by atoms with Gasteiger partial charge >= 0.3 is 5.97 Å². The zero-order valence-corrected chi connectivity index (χ0v) is 14.9. The number of hydrogen-bond acceptors (Lipinski definition) is 3. The molecule has 0 radical (unpaired) electrons. The van der Waals surface area contributed by atoms with Crippen LogP contribution in [0.25, 0.3) is 10.9 Å². The number of esters is 1. The number of carbonyl (C=O) groups excluding carboxylic acids is 2. The molecular weight excluding hydrogens is 318 g/mol. The number of amides is 1. The Morgan fingerprint density at radius 3 is 2.72 bits per heavy atom. The number of hydrogen-bond donors (Lipinski definition) is 3. The molecule has 1 saturated heterocycles. The first kappa shape index (κ1) is 17.5. The first-order valence-corrected chi connectivity index (χ1v) is 8.92. The van der Waals surface area contributed by atoms with Gasteiger partial charge in [-0.3, -0.25) is 4.79 Å². The van der Waals surface area contributed by atoms with Gasteiger partial charge in [-0.2, -0.15) is 0 Å². The van der Waals surface area contributed by atoms with E-state index >= 15 is 0 Å². The molecule has 25 heavy (non-hydrogen) atoms. The molecule has 0 atom stereocenters. The second-order valence-corrected chi connectivity index (χ2v) is 6.77. The number of rotatable bonds is 5. The van der Waals surface area contributed by atoms with Gasteiger partial charge in [-0.1, -0.05) is 11.6 Å². The molecule has 0 spiro atoms. The number of aromatic nitrogens is 1. The van der Waals surface area contributed by atoms with Crippen molar-refractivity contribution < 1.29 is 19.2 Å². The van der Waals surface area contributed by atoms with Crippen LogP contribution in [-0.4, -0.2) is 43.6 Å². The highest BCUT2D eigenvalue weighted by atomic mass is 16.5. The number of H-pyrrole nitrogens is 1. The van der Waals surface area contributed by atoms with E-state index in [4.69, 9.17) is 4.74 Å². The van der Waals surface area contributed by atoms with Crippen molar-refractivity contribution in [1.82, 2.24) is 4.98 Å². The zero-order valence-electron chi connectivity index (χ0n) is 14.9. The largest absolute Gasteiger partial charge is 0.464 e. The van der Waals surface area contributed by atoms with E-state index in [0.29, 0.717) is 17.8 Å². The normalized spacial score (nSPS) is 15.3. The Hall–Kier alpha value is -2.34. The van der Waals surface area contributed by atoms with Gasteiger partial charge in [-0.25, -0.2) is 4.79 Å². The molecule has 6 nitrogen and oxygen atoms in total. The molecule has 6 heteroatoms. The number of likely N-dealkylation sites (tertiary alicyclic amines) is 1. The van der Waals surface area contributed by atoms with Gasteiger partial charge in [-0.15, -0.1) is 0 Å². The standard InChI is InChI=1S/C19H25N3O3/c1-13-6-7-15-14(12-13)17(18(20-15)19(24)25-2)21-16(23)8-11-22-9-4-3-5-10-22/h6-7,12,20H,3-5,8-11H2,1-2H3,(H,21,23)/p+1. The molecule has 1 aromatic carbocycles. The van der Waals surface area contributed by atoms with E-state index in [-0.39, 0.29) is 5.91 Å². The Kier molecular flexibility index (Phi) is 5.38. The van der Waals surface area contributed by atoms with Gasteiger partial charge in [0.25, 0.3) is 0 Å². The lowest BCUT2D eigenvalue weighted by Gasteiger charge is -2.23. The third kappa shape index (κ3) is 4.02. The van der Waals surface area contributed by atoms with Gasteiger partial charge in [0.2, 0.25) is 5.91 Å². The summed E-state index contributed by atoms with van der Waals surface area (Å²) in [5.41, 5.74) is 2.69. The summed E-state index contributed by atoms with van der Waals surface area (Å²) >= 11 is 0. The van der Waals surface area contributed by atoms with Crippen molar-refractivity contribution in [3.63, 3.8) is 0 Å². The molecule has 0 unspecified atom stereocenters. The highest BCUT2D eigenvalue weighted by Crippen LogP contribution is 2.29. The van der Waals surface area contributed by atoms with Crippen molar-refractivity contribution in [2.75, 3.05) is 32.1 Å². The first-order valence-electron chi connectivity index (χ1n) is 8.92. The topological polar surface area (TPSA) is 75.6 Å². The SMILES string of the molecule is COC(=O)c1[nH]c2ccc(C)cc2c1NC(=O)CC[NH+]1CCCCC1. The Labute approximate surface area is 147 Å². The summed E-state index contributed by atoms with van der Waals surface area (Å²) in [4.78, 5) is 29.1. The van der Waals surface area contributed by atoms with Crippen molar-refractivity contribution >= 4 is 28.5 Å². The maximum Gasteiger partial charge on any atom is 0.356 e. The van der Waals surface area contributed by atoms with E-state index in [1.165, 1.54) is 31.3 Å². The van der Waals surface area contributed by atoms with Crippen LogP contribution in [0, 0.1) is 6.92 Å². The Morgan fingerprint density at radius 2 is 2.00 bits per heavy atom. The summed E-state index contributed by atoms with van der Waals surface area (Å²) in [5.74, 6) is -0.545. The van der Waals surface area contributed by atoms with E-state index < -0.39 is 5.97 Å². The van der Waals surface area contributed by atoms with E-state index in [0.717, 1.165) is 36.1 Å². The molecule has 2 aromatic rings. The van der Waals surface area contributed by atoms with Crippen LogP contribution >= 0.6 is 0 Å². The minimum atomic E-state index is -0.481. The quantitative estimate of drug-likeness (QED) is 0.722. The molecule has 134 valence electrons. The van der Waals surface area contributed by atoms with Gasteiger partial charge in [0.1, 0.15) is 5.69 Å². The fraction of sp³-hybridized carbons (Fsp3) is 0.474. The average Bonchev–Trinajstić information content (AvgIpc) is 2.98. The highest BCUT2D eigenvalue weighted by molar-refractivity contribution is 6.11. The molecular formula is C19H26N3O3+. The summed E-state index contributed by atoms with van der Waals surface area (Å²) in [6.07, 6.45) is 4.23. The molecule has 0 aliphatic carbocycles. The molecule has 3 rings (SSSR count). The summed E-state index contributed by atoms with van der Waals surface area (Å²) < 4.78 is 4.85. The van der Waals surface area contributed by atoms with Crippen LogP contribution in [0.3, 0.4) is 0 Å². The zero-order chi connectivity index (χ0) is 17.8. The number of carbonyl (C=O) groups is 2. The van der Waals surface area contributed by atoms with Gasteiger partial charge in [0, 0.05) is 10.9 Å². The predicted octanol–water partition coefficient (Wildman–Crippen LogP) is 1.66. The van der Waals surface area contributed by atoms with Crippen LogP contribution in [0.5, 0.6) is 0 Å². The lowest BCUT2D eigenvalue weighted by molar-refractivity contribution is -0.904. The van der Waals surface area contributed by atoms with Crippen molar-refractivity contribution in [3.05, 3.63) is 29.5 Å². The van der Waals surface area contributed by atoms with Gasteiger partial charge in [0.05, 0.1) is 38.9 Å². The molecule has 1 aliphatic heterocycles. The minimum absolute atomic E-state index is 0.0642. The number of nitrogens with one attached hydrogen (secondary N) is 3.